The number of thiocarbonyl (C=S) groups is 1. The molecule has 0 aliphatic heterocycles. The van der Waals surface area contributed by atoms with E-state index in [-0.39, 0.29) is 0 Å². The molecule has 0 saturated carbocycles. The molecule has 0 fully saturated rings. The lowest BCUT2D eigenvalue weighted by Crippen LogP contribution is -2.10. The van der Waals surface area contributed by atoms with Crippen molar-refractivity contribution in [3.05, 3.63) is 17.7 Å². The van der Waals surface area contributed by atoms with E-state index in [1.165, 1.54) is 11.8 Å². The number of aromatic amines is 1. The maximum Gasteiger partial charge on any atom is 0.153 e. The van der Waals surface area contributed by atoms with Gasteiger partial charge in [-0.1, -0.05) is 24.0 Å². The molecule has 2 N–H and O–H groups in total. The summed E-state index contributed by atoms with van der Waals surface area (Å²) in [6, 6.07) is 0. The number of hydrogen-bond acceptors (Lipinski definition) is 5. The Labute approximate surface area is 97.7 Å². The molecule has 0 bridgehead atoms. The Bertz CT molecular complexity index is 350. The minimum absolute atomic E-state index is 0.463. The summed E-state index contributed by atoms with van der Waals surface area (Å²) in [6.45, 7) is 0.463. The molecule has 0 aromatic carbocycles. The first kappa shape index (κ1) is 12.2. The quantitative estimate of drug-likeness (QED) is 0.472. The highest BCUT2D eigenvalue weighted by molar-refractivity contribution is 8.22. The molecular weight excluding hydrogens is 232 g/mol. The van der Waals surface area contributed by atoms with Gasteiger partial charge in [0.2, 0.25) is 0 Å². The number of imidazole rings is 1. The Hall–Kier alpha value is -0.920. The van der Waals surface area contributed by atoms with Crippen LogP contribution in [0, 0.1) is 0 Å². The van der Waals surface area contributed by atoms with Gasteiger partial charge in [-0.05, 0) is 6.26 Å². The molecule has 0 spiro atoms. The van der Waals surface area contributed by atoms with Crippen LogP contribution < -0.4 is 5.43 Å². The third kappa shape index (κ3) is 4.41. The molecule has 82 valence electrons. The first-order valence-corrected chi connectivity index (χ1v) is 5.79. The molecule has 0 aliphatic carbocycles. The topological polar surface area (TPSA) is 62.3 Å². The molecule has 0 radical (unpaired) electrons. The minimum atomic E-state index is 0.463. The van der Waals surface area contributed by atoms with E-state index in [1.807, 2.05) is 6.26 Å². The van der Waals surface area contributed by atoms with E-state index in [1.54, 1.807) is 19.5 Å². The van der Waals surface area contributed by atoms with Gasteiger partial charge in [-0.3, -0.25) is 5.43 Å². The predicted octanol–water partition coefficient (Wildman–Crippen LogP) is 1.13. The number of hydrazone groups is 1. The van der Waals surface area contributed by atoms with E-state index >= 15 is 0 Å². The Morgan fingerprint density at radius 2 is 2.67 bits per heavy atom. The van der Waals surface area contributed by atoms with Crippen molar-refractivity contribution in [3.8, 4) is 0 Å². The normalized spacial score (nSPS) is 10.8. The number of thioether (sulfide) groups is 1. The minimum Gasteiger partial charge on any atom is -0.377 e. The fraction of sp³-hybridized carbons (Fsp3) is 0.375. The van der Waals surface area contributed by atoms with E-state index in [0.717, 1.165) is 11.5 Å². The van der Waals surface area contributed by atoms with Crippen molar-refractivity contribution in [1.82, 2.24) is 15.4 Å². The van der Waals surface area contributed by atoms with Crippen LogP contribution in [0.4, 0.5) is 0 Å². The van der Waals surface area contributed by atoms with Crippen LogP contribution >= 0.6 is 24.0 Å². The van der Waals surface area contributed by atoms with Gasteiger partial charge in [0.05, 0.1) is 18.1 Å². The van der Waals surface area contributed by atoms with Gasteiger partial charge in [-0.25, -0.2) is 4.98 Å². The van der Waals surface area contributed by atoms with Crippen LogP contribution in [0.2, 0.25) is 0 Å². The first-order chi connectivity index (χ1) is 7.26. The van der Waals surface area contributed by atoms with Gasteiger partial charge < -0.3 is 9.72 Å². The highest BCUT2D eigenvalue weighted by Gasteiger charge is 1.96. The van der Waals surface area contributed by atoms with Crippen LogP contribution in [0.25, 0.3) is 0 Å². The predicted molar refractivity (Wildman–Crippen MR) is 66.1 cm³/mol. The Balaban J connectivity index is 2.46. The van der Waals surface area contributed by atoms with Gasteiger partial charge in [-0.2, -0.15) is 5.10 Å². The average Bonchev–Trinajstić information content (AvgIpc) is 2.66. The third-order valence-electron chi connectivity index (χ3n) is 1.47. The van der Waals surface area contributed by atoms with Gasteiger partial charge >= 0.3 is 0 Å². The summed E-state index contributed by atoms with van der Waals surface area (Å²) < 4.78 is 5.55. The van der Waals surface area contributed by atoms with Crippen molar-refractivity contribution < 1.29 is 4.74 Å². The molecule has 1 heterocycles. The maximum absolute atomic E-state index is 4.92. The standard InChI is InChI=1S/C8H12N4OS2/c1-13-5-7-9-3-6(11-7)4-10-12-8(14)15-2/h3-4H,5H2,1-2H3,(H,9,11)(H,12,14)/b10-4+. The summed E-state index contributed by atoms with van der Waals surface area (Å²) in [7, 11) is 1.62. The zero-order valence-electron chi connectivity index (χ0n) is 8.48. The van der Waals surface area contributed by atoms with Crippen molar-refractivity contribution in [3.63, 3.8) is 0 Å². The molecule has 0 saturated heterocycles. The summed E-state index contributed by atoms with van der Waals surface area (Å²) in [5, 5.41) is 3.94. The van der Waals surface area contributed by atoms with Crippen LogP contribution in [0.5, 0.6) is 0 Å². The lowest BCUT2D eigenvalue weighted by Gasteiger charge is -1.95. The third-order valence-corrected chi connectivity index (χ3v) is 2.53. The lowest BCUT2D eigenvalue weighted by molar-refractivity contribution is 0.178. The summed E-state index contributed by atoms with van der Waals surface area (Å²) in [6.07, 6.45) is 5.19. The molecule has 1 aromatic rings. The van der Waals surface area contributed by atoms with Crippen molar-refractivity contribution in [1.29, 1.82) is 0 Å². The van der Waals surface area contributed by atoms with Gasteiger partial charge in [0, 0.05) is 7.11 Å². The second kappa shape index (κ2) is 6.54. The summed E-state index contributed by atoms with van der Waals surface area (Å²) in [5.74, 6) is 0.770. The lowest BCUT2D eigenvalue weighted by atomic mass is 10.5. The van der Waals surface area contributed by atoms with Gasteiger partial charge in [0.25, 0.3) is 0 Å². The summed E-state index contributed by atoms with van der Waals surface area (Å²) in [4.78, 5) is 7.12. The number of nitrogens with zero attached hydrogens (tertiary/aromatic N) is 2. The Kier molecular flexibility index (Phi) is 5.30. The van der Waals surface area contributed by atoms with Crippen molar-refractivity contribution in [2.24, 2.45) is 5.10 Å². The van der Waals surface area contributed by atoms with E-state index in [2.05, 4.69) is 20.5 Å². The molecule has 1 aromatic heterocycles. The van der Waals surface area contributed by atoms with E-state index in [4.69, 9.17) is 17.0 Å². The first-order valence-electron chi connectivity index (χ1n) is 4.16. The number of nitrogens with one attached hydrogen (secondary N) is 2. The van der Waals surface area contributed by atoms with E-state index < -0.39 is 0 Å². The SMILES string of the molecule is COCc1ncc(/C=N/NC(=S)SC)[nH]1. The van der Waals surface area contributed by atoms with Gasteiger partial charge in [0.15, 0.2) is 4.32 Å². The average molecular weight is 244 g/mol. The Morgan fingerprint density at radius 3 is 3.33 bits per heavy atom. The smallest absolute Gasteiger partial charge is 0.153 e. The molecule has 0 atom stereocenters. The number of aromatic nitrogens is 2. The van der Waals surface area contributed by atoms with E-state index in [9.17, 15) is 0 Å². The van der Waals surface area contributed by atoms with Crippen LogP contribution in [0.1, 0.15) is 11.5 Å². The number of H-pyrrole nitrogens is 1. The van der Waals surface area contributed by atoms with Crippen LogP contribution in [-0.2, 0) is 11.3 Å². The van der Waals surface area contributed by atoms with E-state index in [0.29, 0.717) is 10.9 Å². The highest BCUT2D eigenvalue weighted by atomic mass is 32.2. The number of methoxy groups -OCH3 is 1. The number of rotatable bonds is 4. The Morgan fingerprint density at radius 1 is 1.87 bits per heavy atom. The van der Waals surface area contributed by atoms with Crippen LogP contribution in [0.3, 0.4) is 0 Å². The largest absolute Gasteiger partial charge is 0.377 e. The monoisotopic (exact) mass is 244 g/mol. The number of hydrogen-bond donors (Lipinski definition) is 2. The van der Waals surface area contributed by atoms with Gasteiger partial charge in [0.1, 0.15) is 12.4 Å². The molecule has 1 rings (SSSR count). The maximum atomic E-state index is 4.92. The van der Waals surface area contributed by atoms with Gasteiger partial charge in [-0.15, -0.1) is 0 Å². The molecule has 0 unspecified atom stereocenters. The fourth-order valence-electron chi connectivity index (χ4n) is 0.854. The molecule has 5 nitrogen and oxygen atoms in total. The molecule has 0 aliphatic rings. The molecule has 0 amide bonds. The second-order valence-electron chi connectivity index (χ2n) is 2.58. The molecule has 7 heteroatoms. The van der Waals surface area contributed by atoms with Crippen molar-refractivity contribution >= 4 is 34.5 Å². The molecule has 15 heavy (non-hydrogen) atoms. The zero-order valence-corrected chi connectivity index (χ0v) is 10.1. The fourth-order valence-corrected chi connectivity index (χ4v) is 1.05. The van der Waals surface area contributed by atoms with Crippen LogP contribution in [-0.4, -0.2) is 33.9 Å². The van der Waals surface area contributed by atoms with Crippen LogP contribution in [0.15, 0.2) is 11.3 Å². The molecular formula is C8H12N4OS2. The second-order valence-corrected chi connectivity index (χ2v) is 4.06. The summed E-state index contributed by atoms with van der Waals surface area (Å²) in [5.41, 5.74) is 3.51. The zero-order chi connectivity index (χ0) is 11.1. The summed E-state index contributed by atoms with van der Waals surface area (Å²) >= 11 is 6.34. The van der Waals surface area contributed by atoms with Crippen molar-refractivity contribution in [2.45, 2.75) is 6.61 Å². The van der Waals surface area contributed by atoms with Crippen molar-refractivity contribution in [2.75, 3.05) is 13.4 Å². The number of ether oxygens (including phenoxy) is 1. The highest BCUT2D eigenvalue weighted by Crippen LogP contribution is 1.96.